The number of carboxylic acid groups (broad SMARTS) is 1. The maximum Gasteiger partial charge on any atom is 0.345 e. The Labute approximate surface area is 157 Å². The van der Waals surface area contributed by atoms with Crippen LogP contribution in [0.1, 0.15) is 5.56 Å². The molecule has 0 aliphatic heterocycles. The summed E-state index contributed by atoms with van der Waals surface area (Å²) in [7, 11) is 1.57. The van der Waals surface area contributed by atoms with Crippen molar-refractivity contribution in [2.45, 2.75) is 12.5 Å². The first-order valence-electron chi connectivity index (χ1n) is 8.49. The highest BCUT2D eigenvalue weighted by Crippen LogP contribution is 2.23. The molecular formula is C22H20O5. The van der Waals surface area contributed by atoms with Crippen LogP contribution < -0.4 is 14.2 Å². The van der Waals surface area contributed by atoms with Crippen molar-refractivity contribution in [2.24, 2.45) is 0 Å². The van der Waals surface area contributed by atoms with Gasteiger partial charge in [0.25, 0.3) is 0 Å². The molecule has 0 saturated heterocycles. The summed E-state index contributed by atoms with van der Waals surface area (Å²) in [5, 5.41) is 9.47. The zero-order valence-corrected chi connectivity index (χ0v) is 14.9. The third-order valence-electron chi connectivity index (χ3n) is 3.94. The van der Waals surface area contributed by atoms with Crippen LogP contribution in [-0.4, -0.2) is 24.3 Å². The number of hydrogen-bond donors (Lipinski definition) is 1. The molecule has 138 valence electrons. The molecule has 1 N–H and O–H groups in total. The van der Waals surface area contributed by atoms with Gasteiger partial charge in [0, 0.05) is 6.42 Å². The lowest BCUT2D eigenvalue weighted by Gasteiger charge is -2.16. The van der Waals surface area contributed by atoms with E-state index in [-0.39, 0.29) is 6.42 Å². The summed E-state index contributed by atoms with van der Waals surface area (Å²) < 4.78 is 16.4. The number of carboxylic acids is 1. The molecule has 0 aliphatic carbocycles. The molecule has 3 rings (SSSR count). The highest BCUT2D eigenvalue weighted by molar-refractivity contribution is 5.73. The van der Waals surface area contributed by atoms with Gasteiger partial charge in [0.1, 0.15) is 23.0 Å². The molecule has 3 aromatic carbocycles. The normalized spacial score (nSPS) is 11.4. The molecule has 0 heterocycles. The van der Waals surface area contributed by atoms with Crippen LogP contribution in [0.15, 0.2) is 78.9 Å². The summed E-state index contributed by atoms with van der Waals surface area (Å²) in [6, 6.07) is 23.6. The van der Waals surface area contributed by atoms with Crippen LogP contribution in [0.2, 0.25) is 0 Å². The second-order valence-corrected chi connectivity index (χ2v) is 5.88. The Morgan fingerprint density at radius 2 is 1.37 bits per heavy atom. The number of benzene rings is 3. The molecule has 0 bridgehead atoms. The van der Waals surface area contributed by atoms with Crippen LogP contribution in [-0.2, 0) is 11.2 Å². The van der Waals surface area contributed by atoms with Crippen LogP contribution in [0.25, 0.3) is 0 Å². The topological polar surface area (TPSA) is 65.0 Å². The summed E-state index contributed by atoms with van der Waals surface area (Å²) in [6.45, 7) is 0. The first kappa shape index (κ1) is 18.3. The fourth-order valence-corrected chi connectivity index (χ4v) is 2.53. The van der Waals surface area contributed by atoms with Crippen molar-refractivity contribution < 1.29 is 24.1 Å². The average molecular weight is 364 g/mol. The quantitative estimate of drug-likeness (QED) is 0.635. The van der Waals surface area contributed by atoms with Crippen molar-refractivity contribution in [1.29, 1.82) is 0 Å². The van der Waals surface area contributed by atoms with Crippen LogP contribution >= 0.6 is 0 Å². The van der Waals surface area contributed by atoms with Crippen molar-refractivity contribution in [1.82, 2.24) is 0 Å². The van der Waals surface area contributed by atoms with E-state index in [9.17, 15) is 9.90 Å². The van der Waals surface area contributed by atoms with Crippen LogP contribution in [0.5, 0.6) is 23.0 Å². The third kappa shape index (κ3) is 5.25. The van der Waals surface area contributed by atoms with Gasteiger partial charge in [-0.25, -0.2) is 4.79 Å². The van der Waals surface area contributed by atoms with E-state index in [1.165, 1.54) is 0 Å². The van der Waals surface area contributed by atoms with Gasteiger partial charge in [-0.3, -0.25) is 0 Å². The van der Waals surface area contributed by atoms with Crippen LogP contribution in [0.4, 0.5) is 0 Å². The zero-order valence-electron chi connectivity index (χ0n) is 14.9. The van der Waals surface area contributed by atoms with Crippen LogP contribution in [0, 0.1) is 0 Å². The van der Waals surface area contributed by atoms with Gasteiger partial charge in [-0.2, -0.15) is 0 Å². The third-order valence-corrected chi connectivity index (χ3v) is 3.94. The number of rotatable bonds is 8. The van der Waals surface area contributed by atoms with Crippen molar-refractivity contribution in [3.05, 3.63) is 84.4 Å². The van der Waals surface area contributed by atoms with Crippen molar-refractivity contribution in [2.75, 3.05) is 7.11 Å². The van der Waals surface area contributed by atoms with Crippen LogP contribution in [0.3, 0.4) is 0 Å². The molecule has 1 atom stereocenters. The van der Waals surface area contributed by atoms with E-state index in [4.69, 9.17) is 14.2 Å². The maximum absolute atomic E-state index is 11.6. The molecular weight excluding hydrogens is 344 g/mol. The molecule has 0 spiro atoms. The fourth-order valence-electron chi connectivity index (χ4n) is 2.53. The predicted octanol–water partition coefficient (Wildman–Crippen LogP) is 4.56. The van der Waals surface area contributed by atoms with Gasteiger partial charge in [-0.05, 0) is 54.1 Å². The number of hydrogen-bond acceptors (Lipinski definition) is 4. The van der Waals surface area contributed by atoms with Gasteiger partial charge in [0.2, 0.25) is 0 Å². The molecule has 1 unspecified atom stereocenters. The smallest absolute Gasteiger partial charge is 0.345 e. The van der Waals surface area contributed by atoms with E-state index in [1.54, 1.807) is 31.4 Å². The Bertz CT molecular complexity index is 857. The highest BCUT2D eigenvalue weighted by atomic mass is 16.5. The summed E-state index contributed by atoms with van der Waals surface area (Å²) >= 11 is 0. The van der Waals surface area contributed by atoms with Gasteiger partial charge in [0.15, 0.2) is 6.10 Å². The lowest BCUT2D eigenvalue weighted by Crippen LogP contribution is -2.29. The van der Waals surface area contributed by atoms with E-state index in [0.717, 1.165) is 11.3 Å². The maximum atomic E-state index is 11.6. The monoisotopic (exact) mass is 364 g/mol. The second-order valence-electron chi connectivity index (χ2n) is 5.88. The van der Waals surface area contributed by atoms with Gasteiger partial charge in [-0.1, -0.05) is 30.3 Å². The van der Waals surface area contributed by atoms with Gasteiger partial charge in [-0.15, -0.1) is 0 Å². The van der Waals surface area contributed by atoms with Gasteiger partial charge >= 0.3 is 5.97 Å². The van der Waals surface area contributed by atoms with Crippen molar-refractivity contribution in [3.63, 3.8) is 0 Å². The second kappa shape index (κ2) is 8.76. The first-order chi connectivity index (χ1) is 13.1. The number of para-hydroxylation sites is 1. The molecule has 5 heteroatoms. The summed E-state index contributed by atoms with van der Waals surface area (Å²) in [6.07, 6.45) is -0.744. The van der Waals surface area contributed by atoms with Gasteiger partial charge in [0.05, 0.1) is 7.11 Å². The minimum atomic E-state index is -1.02. The fraction of sp³-hybridized carbons (Fsp3) is 0.136. The minimum absolute atomic E-state index is 0.243. The lowest BCUT2D eigenvalue weighted by atomic mass is 10.1. The summed E-state index contributed by atoms with van der Waals surface area (Å²) in [5.41, 5.74) is 0.844. The van der Waals surface area contributed by atoms with E-state index < -0.39 is 12.1 Å². The standard InChI is InChI=1S/C22H20O5/c1-25-17-11-13-20(14-12-17)27-21(22(23)24)15-16-7-9-19(10-8-16)26-18-5-3-2-4-6-18/h2-14,21H,15H2,1H3,(H,23,24). The number of aliphatic carboxylic acids is 1. The van der Waals surface area contributed by atoms with E-state index >= 15 is 0 Å². The molecule has 0 aliphatic rings. The summed E-state index contributed by atoms with van der Waals surface area (Å²) in [5.74, 6) is 1.58. The number of methoxy groups -OCH3 is 1. The molecule has 0 saturated carbocycles. The highest BCUT2D eigenvalue weighted by Gasteiger charge is 2.20. The molecule has 3 aromatic rings. The first-order valence-corrected chi connectivity index (χ1v) is 8.49. The van der Waals surface area contributed by atoms with E-state index in [0.29, 0.717) is 17.2 Å². The Hall–Kier alpha value is -3.47. The minimum Gasteiger partial charge on any atom is -0.497 e. The molecule has 0 fully saturated rings. The largest absolute Gasteiger partial charge is 0.497 e. The molecule has 27 heavy (non-hydrogen) atoms. The predicted molar refractivity (Wildman–Crippen MR) is 102 cm³/mol. The molecule has 0 aromatic heterocycles. The lowest BCUT2D eigenvalue weighted by molar-refractivity contribution is -0.145. The SMILES string of the molecule is COc1ccc(OC(Cc2ccc(Oc3ccccc3)cc2)C(=O)O)cc1. The van der Waals surface area contributed by atoms with Gasteiger partial charge < -0.3 is 19.3 Å². The number of ether oxygens (including phenoxy) is 3. The molecule has 0 amide bonds. The Kier molecular flexibility index (Phi) is 5.94. The molecule has 0 radical (unpaired) electrons. The summed E-state index contributed by atoms with van der Waals surface area (Å²) in [4.78, 5) is 11.6. The van der Waals surface area contributed by atoms with E-state index in [1.807, 2.05) is 54.6 Å². The molecule has 5 nitrogen and oxygen atoms in total. The van der Waals surface area contributed by atoms with Crippen molar-refractivity contribution in [3.8, 4) is 23.0 Å². The Morgan fingerprint density at radius 1 is 0.815 bits per heavy atom. The zero-order chi connectivity index (χ0) is 19.1. The Morgan fingerprint density at radius 3 is 1.96 bits per heavy atom. The van der Waals surface area contributed by atoms with Crippen molar-refractivity contribution >= 4 is 5.97 Å². The van der Waals surface area contributed by atoms with E-state index in [2.05, 4.69) is 0 Å². The average Bonchev–Trinajstić information content (AvgIpc) is 2.70. The number of carbonyl (C=O) groups is 1. The Balaban J connectivity index is 1.64.